The Balaban J connectivity index is 1.94. The minimum absolute atomic E-state index is 0.0786. The predicted octanol–water partition coefficient (Wildman–Crippen LogP) is 4.48. The molecule has 1 aliphatic heterocycles. The SMILES string of the molecule is CCCCCCCCCCC/C=C/C1N=CCN1C(C)N. The van der Waals surface area contributed by atoms with Crippen LogP contribution in [0.5, 0.6) is 0 Å². The molecule has 21 heavy (non-hydrogen) atoms. The zero-order chi connectivity index (χ0) is 15.3. The summed E-state index contributed by atoms with van der Waals surface area (Å²) < 4.78 is 0. The van der Waals surface area contributed by atoms with Crippen LogP contribution in [-0.4, -0.2) is 30.0 Å². The molecule has 122 valence electrons. The highest BCUT2D eigenvalue weighted by atomic mass is 15.3. The van der Waals surface area contributed by atoms with Crippen molar-refractivity contribution in [3.63, 3.8) is 0 Å². The number of unbranched alkanes of at least 4 members (excludes halogenated alkanes) is 9. The molecule has 0 radical (unpaired) electrons. The Morgan fingerprint density at radius 3 is 2.38 bits per heavy atom. The van der Waals surface area contributed by atoms with E-state index in [1.165, 1.54) is 64.2 Å². The molecule has 0 aromatic heterocycles. The van der Waals surface area contributed by atoms with Crippen molar-refractivity contribution in [3.05, 3.63) is 12.2 Å². The third-order valence-corrected chi connectivity index (χ3v) is 4.20. The van der Waals surface area contributed by atoms with Crippen LogP contribution in [0, 0.1) is 0 Å². The highest BCUT2D eigenvalue weighted by molar-refractivity contribution is 5.62. The average molecular weight is 293 g/mol. The van der Waals surface area contributed by atoms with Gasteiger partial charge in [0.25, 0.3) is 0 Å². The molecule has 3 nitrogen and oxygen atoms in total. The third kappa shape index (κ3) is 8.37. The summed E-state index contributed by atoms with van der Waals surface area (Å²) in [6, 6.07) is 0. The topological polar surface area (TPSA) is 41.6 Å². The van der Waals surface area contributed by atoms with Crippen LogP contribution in [0.25, 0.3) is 0 Å². The molecular weight excluding hydrogens is 258 g/mol. The van der Waals surface area contributed by atoms with Crippen LogP contribution in [0.2, 0.25) is 0 Å². The van der Waals surface area contributed by atoms with Gasteiger partial charge in [-0.2, -0.15) is 0 Å². The Labute approximate surface area is 131 Å². The van der Waals surface area contributed by atoms with Crippen molar-refractivity contribution in [2.45, 2.75) is 90.4 Å². The first-order valence-corrected chi connectivity index (χ1v) is 8.95. The number of aliphatic imine (C=N–C) groups is 1. The van der Waals surface area contributed by atoms with Crippen LogP contribution < -0.4 is 5.73 Å². The lowest BCUT2D eigenvalue weighted by atomic mass is 10.1. The smallest absolute Gasteiger partial charge is 0.122 e. The van der Waals surface area contributed by atoms with E-state index in [1.54, 1.807) is 0 Å². The van der Waals surface area contributed by atoms with E-state index >= 15 is 0 Å². The lowest BCUT2D eigenvalue weighted by molar-refractivity contribution is 0.224. The first-order chi connectivity index (χ1) is 10.3. The average Bonchev–Trinajstić information content (AvgIpc) is 2.93. The van der Waals surface area contributed by atoms with Crippen molar-refractivity contribution >= 4 is 6.21 Å². The van der Waals surface area contributed by atoms with Crippen molar-refractivity contribution in [3.8, 4) is 0 Å². The van der Waals surface area contributed by atoms with Crippen LogP contribution >= 0.6 is 0 Å². The second kappa shape index (κ2) is 11.9. The summed E-state index contributed by atoms with van der Waals surface area (Å²) in [5.41, 5.74) is 5.93. The van der Waals surface area contributed by atoms with E-state index in [0.29, 0.717) is 0 Å². The van der Waals surface area contributed by atoms with Crippen LogP contribution in [0.3, 0.4) is 0 Å². The van der Waals surface area contributed by atoms with E-state index in [-0.39, 0.29) is 12.3 Å². The molecule has 0 saturated heterocycles. The van der Waals surface area contributed by atoms with Gasteiger partial charge >= 0.3 is 0 Å². The van der Waals surface area contributed by atoms with E-state index in [1.807, 2.05) is 13.1 Å². The van der Waals surface area contributed by atoms with Crippen LogP contribution in [0.15, 0.2) is 17.1 Å². The van der Waals surface area contributed by atoms with Crippen molar-refractivity contribution < 1.29 is 0 Å². The molecule has 0 aromatic carbocycles. The van der Waals surface area contributed by atoms with Gasteiger partial charge < -0.3 is 5.73 Å². The van der Waals surface area contributed by atoms with Crippen molar-refractivity contribution in [1.82, 2.24) is 4.90 Å². The van der Waals surface area contributed by atoms with E-state index in [4.69, 9.17) is 5.73 Å². The summed E-state index contributed by atoms with van der Waals surface area (Å²) in [7, 11) is 0. The molecule has 0 spiro atoms. The molecular formula is C18H35N3. The number of allylic oxidation sites excluding steroid dienone is 1. The van der Waals surface area contributed by atoms with Gasteiger partial charge in [0, 0.05) is 12.8 Å². The fourth-order valence-corrected chi connectivity index (χ4v) is 2.80. The van der Waals surface area contributed by atoms with Gasteiger partial charge in [-0.3, -0.25) is 9.89 Å². The van der Waals surface area contributed by atoms with Crippen LogP contribution in [0.4, 0.5) is 0 Å². The molecule has 0 saturated carbocycles. The van der Waals surface area contributed by atoms with Crippen LogP contribution in [0.1, 0.15) is 78.1 Å². The molecule has 2 unspecified atom stereocenters. The van der Waals surface area contributed by atoms with Crippen molar-refractivity contribution in [2.75, 3.05) is 6.54 Å². The van der Waals surface area contributed by atoms with Gasteiger partial charge in [-0.15, -0.1) is 0 Å². The first-order valence-electron chi connectivity index (χ1n) is 8.95. The molecule has 0 fully saturated rings. The Morgan fingerprint density at radius 2 is 1.76 bits per heavy atom. The molecule has 1 aliphatic rings. The van der Waals surface area contributed by atoms with Crippen LogP contribution in [-0.2, 0) is 0 Å². The molecule has 2 atom stereocenters. The van der Waals surface area contributed by atoms with E-state index < -0.39 is 0 Å². The second-order valence-corrected chi connectivity index (χ2v) is 6.23. The zero-order valence-corrected chi connectivity index (χ0v) is 14.1. The molecule has 0 bridgehead atoms. The first kappa shape index (κ1) is 18.4. The maximum atomic E-state index is 5.93. The molecule has 0 aliphatic carbocycles. The minimum atomic E-state index is 0.0786. The van der Waals surface area contributed by atoms with Gasteiger partial charge in [0.15, 0.2) is 0 Å². The minimum Gasteiger partial charge on any atom is -0.316 e. The summed E-state index contributed by atoms with van der Waals surface area (Å²) in [6.45, 7) is 5.18. The number of hydrogen-bond acceptors (Lipinski definition) is 3. The van der Waals surface area contributed by atoms with E-state index in [9.17, 15) is 0 Å². The number of nitrogens with zero attached hydrogens (tertiary/aromatic N) is 2. The number of hydrogen-bond donors (Lipinski definition) is 1. The van der Waals surface area contributed by atoms with Crippen molar-refractivity contribution in [2.24, 2.45) is 10.7 Å². The Hall–Kier alpha value is -0.670. The fourth-order valence-electron chi connectivity index (χ4n) is 2.80. The molecule has 0 aromatic rings. The van der Waals surface area contributed by atoms with Crippen molar-refractivity contribution in [1.29, 1.82) is 0 Å². The van der Waals surface area contributed by atoms with E-state index in [2.05, 4.69) is 29.0 Å². The summed E-state index contributed by atoms with van der Waals surface area (Å²) in [4.78, 5) is 6.66. The highest BCUT2D eigenvalue weighted by Crippen LogP contribution is 2.13. The zero-order valence-electron chi connectivity index (χ0n) is 14.1. The third-order valence-electron chi connectivity index (χ3n) is 4.20. The van der Waals surface area contributed by atoms with Gasteiger partial charge in [0.2, 0.25) is 0 Å². The summed E-state index contributed by atoms with van der Waals surface area (Å²) in [5, 5.41) is 0. The number of nitrogens with two attached hydrogens (primary N) is 1. The monoisotopic (exact) mass is 293 g/mol. The highest BCUT2D eigenvalue weighted by Gasteiger charge is 2.20. The van der Waals surface area contributed by atoms with Gasteiger partial charge in [-0.25, -0.2) is 0 Å². The van der Waals surface area contributed by atoms with Gasteiger partial charge in [0.05, 0.1) is 6.17 Å². The Morgan fingerprint density at radius 1 is 1.14 bits per heavy atom. The fraction of sp³-hybridized carbons (Fsp3) is 0.833. The van der Waals surface area contributed by atoms with Gasteiger partial charge in [-0.05, 0) is 25.8 Å². The number of rotatable bonds is 12. The summed E-state index contributed by atoms with van der Waals surface area (Å²) >= 11 is 0. The maximum absolute atomic E-state index is 5.93. The molecule has 1 rings (SSSR count). The Kier molecular flexibility index (Phi) is 10.4. The second-order valence-electron chi connectivity index (χ2n) is 6.23. The maximum Gasteiger partial charge on any atom is 0.122 e. The molecule has 0 amide bonds. The normalized spacial score (nSPS) is 20.6. The van der Waals surface area contributed by atoms with Gasteiger partial charge in [0.1, 0.15) is 6.17 Å². The lowest BCUT2D eigenvalue weighted by Gasteiger charge is -2.24. The largest absolute Gasteiger partial charge is 0.316 e. The molecule has 2 N–H and O–H groups in total. The molecule has 1 heterocycles. The summed E-state index contributed by atoms with van der Waals surface area (Å²) in [5.74, 6) is 0. The quantitative estimate of drug-likeness (QED) is 0.426. The van der Waals surface area contributed by atoms with E-state index in [0.717, 1.165) is 6.54 Å². The standard InChI is InChI=1S/C18H35N3/c1-3-4-5-6-7-8-9-10-11-12-13-14-18-20-15-16-21(18)17(2)19/h13-15,17-18H,3-12,16,19H2,1-2H3/b14-13+. The lowest BCUT2D eigenvalue weighted by Crippen LogP contribution is -2.42. The predicted molar refractivity (Wildman–Crippen MR) is 93.6 cm³/mol. The summed E-state index contributed by atoms with van der Waals surface area (Å²) in [6.07, 6.45) is 20.4. The molecule has 3 heteroatoms. The Bertz CT molecular complexity index is 297. The van der Waals surface area contributed by atoms with Gasteiger partial charge in [-0.1, -0.05) is 64.4 Å².